The Morgan fingerprint density at radius 3 is 2.35 bits per heavy atom. The molecule has 1 aliphatic heterocycles. The quantitative estimate of drug-likeness (QED) is 0.426. The first kappa shape index (κ1) is 21.3. The van der Waals surface area contributed by atoms with Crippen molar-refractivity contribution in [3.63, 3.8) is 0 Å². The van der Waals surface area contributed by atoms with E-state index in [1.54, 1.807) is 0 Å². The van der Waals surface area contributed by atoms with Gasteiger partial charge in [-0.2, -0.15) is 0 Å². The zero-order valence-electron chi connectivity index (χ0n) is 17.0. The molecule has 0 fully saturated rings. The third-order valence-corrected chi connectivity index (χ3v) is 6.51. The molecule has 3 aromatic rings. The molecule has 0 unspecified atom stereocenters. The van der Waals surface area contributed by atoms with E-state index in [4.69, 9.17) is 11.6 Å². The monoisotopic (exact) mass is 451 g/mol. The summed E-state index contributed by atoms with van der Waals surface area (Å²) in [6.07, 6.45) is 0. The van der Waals surface area contributed by atoms with Crippen molar-refractivity contribution in [3.8, 4) is 0 Å². The fraction of sp³-hybridized carbons (Fsp3) is 0.120. The molecule has 1 aliphatic rings. The Morgan fingerprint density at radius 2 is 1.68 bits per heavy atom. The highest BCUT2D eigenvalue weighted by Crippen LogP contribution is 2.41. The van der Waals surface area contributed by atoms with Crippen LogP contribution in [0.4, 0.5) is 10.1 Å². The number of imide groups is 1. The standard InChI is InChI=1S/C25H19ClFNO2S/c1-15-8-10-19(16(2)12-15)22-23(31-14-17-6-4-3-5-7-17)25(30)28(24(22)29)18-9-11-21(27)20(26)13-18/h3-13H,14H2,1-2H3. The van der Waals surface area contributed by atoms with Crippen LogP contribution in [0.3, 0.4) is 0 Å². The Balaban J connectivity index is 1.79. The molecular formula is C25H19ClFNO2S. The molecule has 0 radical (unpaired) electrons. The Bertz CT molecular complexity index is 1220. The number of nitrogens with zero attached hydrogens (tertiary/aromatic N) is 1. The van der Waals surface area contributed by atoms with Gasteiger partial charge in [-0.05, 0) is 48.7 Å². The number of amides is 2. The highest BCUT2D eigenvalue weighted by Gasteiger charge is 2.40. The Labute approximate surface area is 189 Å². The minimum absolute atomic E-state index is 0.142. The van der Waals surface area contributed by atoms with E-state index in [-0.39, 0.29) is 10.7 Å². The minimum atomic E-state index is -0.606. The first-order chi connectivity index (χ1) is 14.9. The minimum Gasteiger partial charge on any atom is -0.268 e. The molecule has 0 spiro atoms. The van der Waals surface area contributed by atoms with Gasteiger partial charge >= 0.3 is 0 Å². The van der Waals surface area contributed by atoms with E-state index < -0.39 is 17.6 Å². The van der Waals surface area contributed by atoms with Crippen LogP contribution in [0.1, 0.15) is 22.3 Å². The molecule has 3 aromatic carbocycles. The van der Waals surface area contributed by atoms with E-state index in [1.807, 2.05) is 62.4 Å². The smallest absolute Gasteiger partial charge is 0.268 e. The van der Waals surface area contributed by atoms with E-state index in [9.17, 15) is 14.0 Å². The van der Waals surface area contributed by atoms with Crippen molar-refractivity contribution in [2.24, 2.45) is 0 Å². The third kappa shape index (κ3) is 4.16. The average molecular weight is 452 g/mol. The highest BCUT2D eigenvalue weighted by atomic mass is 35.5. The molecule has 1 heterocycles. The summed E-state index contributed by atoms with van der Waals surface area (Å²) >= 11 is 7.25. The number of carbonyl (C=O) groups excluding carboxylic acids is 2. The van der Waals surface area contributed by atoms with Crippen LogP contribution >= 0.6 is 23.4 Å². The lowest BCUT2D eigenvalue weighted by Gasteiger charge is -2.16. The van der Waals surface area contributed by atoms with Crippen molar-refractivity contribution >= 4 is 46.4 Å². The van der Waals surface area contributed by atoms with Crippen LogP contribution in [0.25, 0.3) is 5.57 Å². The molecule has 0 saturated heterocycles. The highest BCUT2D eigenvalue weighted by molar-refractivity contribution is 8.03. The SMILES string of the molecule is Cc1ccc(C2=C(SCc3ccccc3)C(=O)N(c3ccc(F)c(Cl)c3)C2=O)c(C)c1. The summed E-state index contributed by atoms with van der Waals surface area (Å²) in [6, 6.07) is 19.4. The fourth-order valence-electron chi connectivity index (χ4n) is 3.56. The van der Waals surface area contributed by atoms with Gasteiger partial charge in [-0.1, -0.05) is 65.7 Å². The molecule has 6 heteroatoms. The van der Waals surface area contributed by atoms with Crippen LogP contribution in [0.5, 0.6) is 0 Å². The first-order valence-electron chi connectivity index (χ1n) is 9.69. The van der Waals surface area contributed by atoms with Gasteiger partial charge in [0.1, 0.15) is 5.82 Å². The maximum atomic E-state index is 13.7. The molecule has 0 aromatic heterocycles. The molecule has 0 N–H and O–H groups in total. The summed E-state index contributed by atoms with van der Waals surface area (Å²) in [5.41, 5.74) is 4.36. The number of hydrogen-bond donors (Lipinski definition) is 0. The van der Waals surface area contributed by atoms with Gasteiger partial charge in [-0.15, -0.1) is 11.8 Å². The van der Waals surface area contributed by atoms with Gasteiger partial charge in [-0.25, -0.2) is 9.29 Å². The summed E-state index contributed by atoms with van der Waals surface area (Å²) in [6.45, 7) is 3.90. The molecular weight excluding hydrogens is 433 g/mol. The fourth-order valence-corrected chi connectivity index (χ4v) is 4.80. The number of hydrogen-bond acceptors (Lipinski definition) is 3. The summed E-state index contributed by atoms with van der Waals surface area (Å²) < 4.78 is 13.7. The van der Waals surface area contributed by atoms with Crippen molar-refractivity contribution in [3.05, 3.63) is 105 Å². The summed E-state index contributed by atoms with van der Waals surface area (Å²) in [7, 11) is 0. The number of halogens is 2. The van der Waals surface area contributed by atoms with Crippen molar-refractivity contribution < 1.29 is 14.0 Å². The van der Waals surface area contributed by atoms with E-state index >= 15 is 0 Å². The van der Waals surface area contributed by atoms with Crippen LogP contribution < -0.4 is 4.90 Å². The van der Waals surface area contributed by atoms with Crippen LogP contribution in [0, 0.1) is 19.7 Å². The third-order valence-electron chi connectivity index (χ3n) is 5.08. The molecule has 0 aliphatic carbocycles. The second kappa shape index (κ2) is 8.69. The maximum absolute atomic E-state index is 13.7. The van der Waals surface area contributed by atoms with Gasteiger partial charge in [0.05, 0.1) is 21.2 Å². The van der Waals surface area contributed by atoms with Crippen LogP contribution in [0.15, 0.2) is 71.6 Å². The Morgan fingerprint density at radius 1 is 0.935 bits per heavy atom. The number of anilines is 1. The second-order valence-electron chi connectivity index (χ2n) is 7.34. The molecule has 0 atom stereocenters. The molecule has 0 saturated carbocycles. The van der Waals surface area contributed by atoms with Crippen LogP contribution in [0.2, 0.25) is 5.02 Å². The molecule has 4 rings (SSSR count). The van der Waals surface area contributed by atoms with Crippen molar-refractivity contribution in [2.75, 3.05) is 4.90 Å². The van der Waals surface area contributed by atoms with Gasteiger partial charge in [-0.3, -0.25) is 9.59 Å². The number of carbonyl (C=O) groups is 2. The van der Waals surface area contributed by atoms with Gasteiger partial charge < -0.3 is 0 Å². The zero-order chi connectivity index (χ0) is 22.1. The number of thioether (sulfide) groups is 1. The Hall–Kier alpha value is -2.89. The van der Waals surface area contributed by atoms with Gasteiger partial charge in [0, 0.05) is 5.75 Å². The largest absolute Gasteiger partial charge is 0.272 e. The molecule has 0 bridgehead atoms. The van der Waals surface area contributed by atoms with Gasteiger partial charge in [0.15, 0.2) is 0 Å². The lowest BCUT2D eigenvalue weighted by atomic mass is 9.99. The summed E-state index contributed by atoms with van der Waals surface area (Å²) in [5, 5.41) is -0.142. The van der Waals surface area contributed by atoms with Crippen LogP contribution in [-0.4, -0.2) is 11.8 Å². The summed E-state index contributed by atoms with van der Waals surface area (Å²) in [5.74, 6) is -0.925. The van der Waals surface area contributed by atoms with E-state index in [1.165, 1.54) is 23.9 Å². The van der Waals surface area contributed by atoms with Crippen molar-refractivity contribution in [1.82, 2.24) is 0 Å². The van der Waals surface area contributed by atoms with Crippen molar-refractivity contribution in [1.29, 1.82) is 0 Å². The van der Waals surface area contributed by atoms with Gasteiger partial charge in [0.25, 0.3) is 11.8 Å². The normalized spacial score (nSPS) is 14.0. The Kier molecular flexibility index (Phi) is 5.99. The average Bonchev–Trinajstić information content (AvgIpc) is 2.99. The lowest BCUT2D eigenvalue weighted by Crippen LogP contribution is -2.31. The molecule has 156 valence electrons. The number of benzene rings is 3. The van der Waals surface area contributed by atoms with E-state index in [0.717, 1.165) is 33.2 Å². The topological polar surface area (TPSA) is 37.4 Å². The second-order valence-corrected chi connectivity index (χ2v) is 8.73. The molecule has 3 nitrogen and oxygen atoms in total. The number of rotatable bonds is 5. The number of aryl methyl sites for hydroxylation is 2. The van der Waals surface area contributed by atoms with Crippen LogP contribution in [-0.2, 0) is 15.3 Å². The predicted octanol–water partition coefficient (Wildman–Crippen LogP) is 6.31. The zero-order valence-corrected chi connectivity index (χ0v) is 18.6. The summed E-state index contributed by atoms with van der Waals surface area (Å²) in [4.78, 5) is 28.3. The van der Waals surface area contributed by atoms with Crippen molar-refractivity contribution in [2.45, 2.75) is 19.6 Å². The van der Waals surface area contributed by atoms with E-state index in [0.29, 0.717) is 16.2 Å². The van der Waals surface area contributed by atoms with E-state index in [2.05, 4.69) is 0 Å². The molecule has 2 amide bonds. The predicted molar refractivity (Wildman–Crippen MR) is 124 cm³/mol. The molecule has 31 heavy (non-hydrogen) atoms. The van der Waals surface area contributed by atoms with Gasteiger partial charge in [0.2, 0.25) is 0 Å². The first-order valence-corrected chi connectivity index (χ1v) is 11.1. The maximum Gasteiger partial charge on any atom is 0.272 e. The lowest BCUT2D eigenvalue weighted by molar-refractivity contribution is -0.119.